The molecule has 0 bridgehead atoms. The van der Waals surface area contributed by atoms with Gasteiger partial charge in [0.05, 0.1) is 9.35 Å². The van der Waals surface area contributed by atoms with E-state index in [9.17, 15) is 4.79 Å². The molecule has 2 rings (SSSR count). The second-order valence-electron chi connectivity index (χ2n) is 4.54. The van der Waals surface area contributed by atoms with E-state index in [1.54, 1.807) is 23.5 Å². The number of carboxylic acid groups (broad SMARTS) is 1. The van der Waals surface area contributed by atoms with Gasteiger partial charge in [-0.15, -0.1) is 11.3 Å². The van der Waals surface area contributed by atoms with Crippen LogP contribution in [-0.4, -0.2) is 23.0 Å². The normalized spacial score (nSPS) is 11.0. The standard InChI is InChI=1S/C14H13BrClNO2S/c1-17(6-9-4-13(15)20-8-9)7-11-3-2-10(14(18)19)5-12(11)16/h2-5,8H,6-7H2,1H3,(H,18,19). The number of benzene rings is 1. The highest BCUT2D eigenvalue weighted by Crippen LogP contribution is 2.23. The molecule has 0 fully saturated rings. The lowest BCUT2D eigenvalue weighted by atomic mass is 10.1. The molecule has 1 aromatic carbocycles. The minimum Gasteiger partial charge on any atom is -0.478 e. The maximum atomic E-state index is 10.9. The van der Waals surface area contributed by atoms with Crippen molar-refractivity contribution in [2.24, 2.45) is 0 Å². The van der Waals surface area contributed by atoms with Gasteiger partial charge in [0.1, 0.15) is 0 Å². The predicted octanol–water partition coefficient (Wildman–Crippen LogP) is 4.49. The Labute approximate surface area is 134 Å². The fourth-order valence-electron chi connectivity index (χ4n) is 1.90. The lowest BCUT2D eigenvalue weighted by Crippen LogP contribution is -2.17. The summed E-state index contributed by atoms with van der Waals surface area (Å²) >= 11 is 11.2. The Morgan fingerprint density at radius 2 is 2.15 bits per heavy atom. The minimum atomic E-state index is -0.963. The quantitative estimate of drug-likeness (QED) is 0.838. The Morgan fingerprint density at radius 3 is 2.70 bits per heavy atom. The van der Waals surface area contributed by atoms with Gasteiger partial charge in [0.25, 0.3) is 0 Å². The van der Waals surface area contributed by atoms with Crippen molar-refractivity contribution < 1.29 is 9.90 Å². The van der Waals surface area contributed by atoms with Crippen LogP contribution in [0.2, 0.25) is 5.02 Å². The fraction of sp³-hybridized carbons (Fsp3) is 0.214. The second kappa shape index (κ2) is 6.72. The minimum absolute atomic E-state index is 0.211. The first-order valence-electron chi connectivity index (χ1n) is 5.89. The molecule has 1 heterocycles. The van der Waals surface area contributed by atoms with Gasteiger partial charge >= 0.3 is 5.97 Å². The molecular formula is C14H13BrClNO2S. The molecule has 20 heavy (non-hydrogen) atoms. The van der Waals surface area contributed by atoms with Crippen LogP contribution in [0.1, 0.15) is 21.5 Å². The third-order valence-electron chi connectivity index (χ3n) is 2.81. The molecule has 2 aromatic rings. The molecule has 0 unspecified atom stereocenters. The summed E-state index contributed by atoms with van der Waals surface area (Å²) in [6.07, 6.45) is 0. The monoisotopic (exact) mass is 373 g/mol. The number of rotatable bonds is 5. The summed E-state index contributed by atoms with van der Waals surface area (Å²) in [4.78, 5) is 13.0. The molecule has 0 amide bonds. The van der Waals surface area contributed by atoms with E-state index in [1.165, 1.54) is 11.6 Å². The van der Waals surface area contributed by atoms with Crippen LogP contribution >= 0.6 is 38.9 Å². The van der Waals surface area contributed by atoms with Crippen molar-refractivity contribution in [1.82, 2.24) is 4.90 Å². The summed E-state index contributed by atoms with van der Waals surface area (Å²) in [7, 11) is 2.01. The Morgan fingerprint density at radius 1 is 1.40 bits per heavy atom. The molecule has 0 saturated carbocycles. The molecule has 0 aliphatic rings. The van der Waals surface area contributed by atoms with Crippen LogP contribution in [0.25, 0.3) is 0 Å². The van der Waals surface area contributed by atoms with Gasteiger partial charge in [-0.3, -0.25) is 4.90 Å². The molecule has 1 aromatic heterocycles. The van der Waals surface area contributed by atoms with Crippen molar-refractivity contribution in [1.29, 1.82) is 0 Å². The largest absolute Gasteiger partial charge is 0.478 e. The van der Waals surface area contributed by atoms with Crippen LogP contribution in [0.5, 0.6) is 0 Å². The summed E-state index contributed by atoms with van der Waals surface area (Å²) in [5.74, 6) is -0.963. The van der Waals surface area contributed by atoms with E-state index in [0.29, 0.717) is 11.6 Å². The van der Waals surface area contributed by atoms with Crippen molar-refractivity contribution in [3.8, 4) is 0 Å². The SMILES string of the molecule is CN(Cc1csc(Br)c1)Cc1ccc(C(=O)O)cc1Cl. The average molecular weight is 375 g/mol. The zero-order chi connectivity index (χ0) is 14.7. The Hall–Kier alpha value is -0.880. The smallest absolute Gasteiger partial charge is 0.335 e. The van der Waals surface area contributed by atoms with Gasteiger partial charge in [-0.25, -0.2) is 4.79 Å². The van der Waals surface area contributed by atoms with Crippen molar-refractivity contribution in [2.75, 3.05) is 7.05 Å². The van der Waals surface area contributed by atoms with Crippen molar-refractivity contribution in [3.05, 3.63) is 55.1 Å². The Balaban J connectivity index is 2.04. The summed E-state index contributed by atoms with van der Waals surface area (Å²) in [5.41, 5.74) is 2.37. The first-order chi connectivity index (χ1) is 9.45. The number of halogens is 2. The number of carbonyl (C=O) groups is 1. The predicted molar refractivity (Wildman–Crippen MR) is 85.6 cm³/mol. The molecule has 106 valence electrons. The first kappa shape index (κ1) is 15.5. The van der Waals surface area contributed by atoms with Crippen LogP contribution in [0.3, 0.4) is 0 Å². The fourth-order valence-corrected chi connectivity index (χ4v) is 3.34. The van der Waals surface area contributed by atoms with Crippen LogP contribution in [0, 0.1) is 0 Å². The molecule has 0 aliphatic carbocycles. The molecule has 0 aliphatic heterocycles. The number of thiophene rings is 1. The Bertz CT molecular complexity index is 629. The maximum absolute atomic E-state index is 10.9. The van der Waals surface area contributed by atoms with Crippen LogP contribution in [0.4, 0.5) is 0 Å². The Kier molecular flexibility index (Phi) is 5.21. The third-order valence-corrected chi connectivity index (χ3v) is 4.72. The van der Waals surface area contributed by atoms with Crippen LogP contribution in [-0.2, 0) is 13.1 Å². The first-order valence-corrected chi connectivity index (χ1v) is 7.94. The summed E-state index contributed by atoms with van der Waals surface area (Å²) in [5, 5.41) is 11.5. The van der Waals surface area contributed by atoms with Gasteiger partial charge in [0.2, 0.25) is 0 Å². The van der Waals surface area contributed by atoms with Crippen molar-refractivity contribution in [3.63, 3.8) is 0 Å². The molecule has 1 N–H and O–H groups in total. The van der Waals surface area contributed by atoms with E-state index in [1.807, 2.05) is 7.05 Å². The van der Waals surface area contributed by atoms with E-state index >= 15 is 0 Å². The van der Waals surface area contributed by atoms with Crippen LogP contribution < -0.4 is 0 Å². The van der Waals surface area contributed by atoms with E-state index < -0.39 is 5.97 Å². The second-order valence-corrected chi connectivity index (χ2v) is 7.24. The number of aromatic carboxylic acids is 1. The molecule has 3 nitrogen and oxygen atoms in total. The van der Waals surface area contributed by atoms with Gasteiger partial charge in [0.15, 0.2) is 0 Å². The lowest BCUT2D eigenvalue weighted by molar-refractivity contribution is 0.0697. The molecular weight excluding hydrogens is 362 g/mol. The van der Waals surface area contributed by atoms with Gasteiger partial charge in [0, 0.05) is 18.1 Å². The van der Waals surface area contributed by atoms with Crippen molar-refractivity contribution >= 4 is 44.8 Å². The van der Waals surface area contributed by atoms with E-state index in [2.05, 4.69) is 32.3 Å². The van der Waals surface area contributed by atoms with Gasteiger partial charge in [-0.1, -0.05) is 17.7 Å². The average Bonchev–Trinajstić information content (AvgIpc) is 2.77. The zero-order valence-corrected chi connectivity index (χ0v) is 13.9. The highest BCUT2D eigenvalue weighted by molar-refractivity contribution is 9.11. The van der Waals surface area contributed by atoms with E-state index in [4.69, 9.17) is 16.7 Å². The van der Waals surface area contributed by atoms with E-state index in [0.717, 1.165) is 15.9 Å². The zero-order valence-electron chi connectivity index (χ0n) is 10.8. The summed E-state index contributed by atoms with van der Waals surface area (Å²) in [6, 6.07) is 6.94. The highest BCUT2D eigenvalue weighted by atomic mass is 79.9. The number of nitrogens with zero attached hydrogens (tertiary/aromatic N) is 1. The van der Waals surface area contributed by atoms with Crippen LogP contribution in [0.15, 0.2) is 33.4 Å². The molecule has 0 radical (unpaired) electrons. The summed E-state index contributed by atoms with van der Waals surface area (Å²) in [6.45, 7) is 1.49. The van der Waals surface area contributed by atoms with Gasteiger partial charge in [-0.05, 0) is 57.7 Å². The topological polar surface area (TPSA) is 40.5 Å². The number of carboxylic acids is 1. The molecule has 0 saturated heterocycles. The molecule has 0 atom stereocenters. The molecule has 0 spiro atoms. The lowest BCUT2D eigenvalue weighted by Gasteiger charge is -2.17. The maximum Gasteiger partial charge on any atom is 0.335 e. The highest BCUT2D eigenvalue weighted by Gasteiger charge is 2.09. The van der Waals surface area contributed by atoms with E-state index in [-0.39, 0.29) is 5.56 Å². The summed E-state index contributed by atoms with van der Waals surface area (Å²) < 4.78 is 1.12. The van der Waals surface area contributed by atoms with Crippen molar-refractivity contribution in [2.45, 2.75) is 13.1 Å². The third kappa shape index (κ3) is 4.06. The number of hydrogen-bond donors (Lipinski definition) is 1. The van der Waals surface area contributed by atoms with Gasteiger partial charge in [-0.2, -0.15) is 0 Å². The van der Waals surface area contributed by atoms with Gasteiger partial charge < -0.3 is 5.11 Å². The number of hydrogen-bond acceptors (Lipinski definition) is 3. The molecule has 6 heteroatoms.